The molecule has 1 aliphatic heterocycles. The molecular formula is C8H6OS. The number of hydrogen-bond acceptors (Lipinski definition) is 1. The summed E-state index contributed by atoms with van der Waals surface area (Å²) in [6.07, 6.45) is 9.59. The molecule has 0 aromatic carbocycles. The summed E-state index contributed by atoms with van der Waals surface area (Å²) < 4.78 is 11.2. The Labute approximate surface area is 61.9 Å². The zero-order valence-corrected chi connectivity index (χ0v) is 6.10. The summed E-state index contributed by atoms with van der Waals surface area (Å²) >= 11 is 0. The zero-order valence-electron chi connectivity index (χ0n) is 5.28. The molecule has 0 fully saturated rings. The Hall–Kier alpha value is -0.890. The molecule has 2 rings (SSSR count). The molecule has 2 heteroatoms. The van der Waals surface area contributed by atoms with Crippen LogP contribution < -0.4 is 0 Å². The summed E-state index contributed by atoms with van der Waals surface area (Å²) in [5.41, 5.74) is 1.08. The molecule has 1 nitrogen and oxygen atoms in total. The first-order chi connectivity index (χ1) is 4.88. The van der Waals surface area contributed by atoms with Gasteiger partial charge in [-0.3, -0.25) is 0 Å². The van der Waals surface area contributed by atoms with Gasteiger partial charge in [0.05, 0.1) is 15.7 Å². The molecule has 1 unspecified atom stereocenters. The second kappa shape index (κ2) is 2.06. The van der Waals surface area contributed by atoms with Crippen molar-refractivity contribution in [2.75, 3.05) is 0 Å². The SMILES string of the molecule is O=S1C=CC=C2C=CC=C21. The van der Waals surface area contributed by atoms with Gasteiger partial charge in [0.2, 0.25) is 0 Å². The smallest absolute Gasteiger partial charge is 0.0782 e. The maximum absolute atomic E-state index is 11.2. The first kappa shape index (κ1) is 5.86. The third-order valence-electron chi connectivity index (χ3n) is 1.50. The number of allylic oxidation sites excluding steroid dienone is 6. The highest BCUT2D eigenvalue weighted by Gasteiger charge is 2.13. The van der Waals surface area contributed by atoms with E-state index >= 15 is 0 Å². The monoisotopic (exact) mass is 150 g/mol. The van der Waals surface area contributed by atoms with Gasteiger partial charge in [0.25, 0.3) is 0 Å². The van der Waals surface area contributed by atoms with Crippen molar-refractivity contribution in [3.05, 3.63) is 46.3 Å². The van der Waals surface area contributed by atoms with Crippen LogP contribution in [0.2, 0.25) is 0 Å². The topological polar surface area (TPSA) is 17.1 Å². The van der Waals surface area contributed by atoms with Crippen LogP contribution in [0.4, 0.5) is 0 Å². The van der Waals surface area contributed by atoms with Gasteiger partial charge in [0.15, 0.2) is 0 Å². The van der Waals surface area contributed by atoms with E-state index in [-0.39, 0.29) is 0 Å². The van der Waals surface area contributed by atoms with E-state index in [0.29, 0.717) is 0 Å². The second-order valence-corrected chi connectivity index (χ2v) is 3.44. The number of fused-ring (bicyclic) bond motifs is 1. The van der Waals surface area contributed by atoms with Gasteiger partial charge in [-0.2, -0.15) is 0 Å². The lowest BCUT2D eigenvalue weighted by Gasteiger charge is -2.03. The van der Waals surface area contributed by atoms with Crippen LogP contribution >= 0.6 is 0 Å². The van der Waals surface area contributed by atoms with E-state index in [1.807, 2.05) is 30.4 Å². The standard InChI is InChI=1S/C8H6OS/c9-10-6-2-4-7-3-1-5-8(7)10/h1-6H. The molecule has 10 heavy (non-hydrogen) atoms. The van der Waals surface area contributed by atoms with Gasteiger partial charge >= 0.3 is 0 Å². The second-order valence-electron chi connectivity index (χ2n) is 2.14. The van der Waals surface area contributed by atoms with Gasteiger partial charge in [-0.25, -0.2) is 4.21 Å². The molecule has 0 saturated carbocycles. The Balaban J connectivity index is 2.54. The van der Waals surface area contributed by atoms with Gasteiger partial charge in [-0.05, 0) is 11.6 Å². The Morgan fingerprint density at radius 1 is 1.20 bits per heavy atom. The quantitative estimate of drug-likeness (QED) is 0.513. The zero-order chi connectivity index (χ0) is 6.97. The highest BCUT2D eigenvalue weighted by atomic mass is 32.2. The van der Waals surface area contributed by atoms with Crippen molar-refractivity contribution in [3.8, 4) is 0 Å². The molecule has 1 aliphatic carbocycles. The van der Waals surface area contributed by atoms with E-state index in [9.17, 15) is 4.21 Å². The lowest BCUT2D eigenvalue weighted by Crippen LogP contribution is -1.93. The number of rotatable bonds is 0. The summed E-state index contributed by atoms with van der Waals surface area (Å²) in [5.74, 6) is 0. The van der Waals surface area contributed by atoms with Crippen LogP contribution in [0.15, 0.2) is 46.3 Å². The molecule has 0 aromatic rings. The van der Waals surface area contributed by atoms with Crippen LogP contribution in [0.25, 0.3) is 0 Å². The summed E-state index contributed by atoms with van der Waals surface area (Å²) in [6.45, 7) is 0. The predicted molar refractivity (Wildman–Crippen MR) is 42.6 cm³/mol. The van der Waals surface area contributed by atoms with Gasteiger partial charge < -0.3 is 0 Å². The van der Waals surface area contributed by atoms with Crippen molar-refractivity contribution in [2.24, 2.45) is 0 Å². The molecule has 0 N–H and O–H groups in total. The van der Waals surface area contributed by atoms with Crippen LogP contribution in [-0.4, -0.2) is 4.21 Å². The van der Waals surface area contributed by atoms with Crippen molar-refractivity contribution in [1.29, 1.82) is 0 Å². The van der Waals surface area contributed by atoms with E-state index in [1.54, 1.807) is 5.41 Å². The largest absolute Gasteiger partial charge is 0.250 e. The van der Waals surface area contributed by atoms with Crippen molar-refractivity contribution < 1.29 is 4.21 Å². The van der Waals surface area contributed by atoms with E-state index < -0.39 is 10.8 Å². The first-order valence-electron chi connectivity index (χ1n) is 3.06. The molecule has 0 bridgehead atoms. The lowest BCUT2D eigenvalue weighted by atomic mass is 10.3. The maximum Gasteiger partial charge on any atom is 0.0782 e. The van der Waals surface area contributed by atoms with Crippen LogP contribution in [0, 0.1) is 0 Å². The molecule has 2 aliphatic rings. The van der Waals surface area contributed by atoms with Crippen LogP contribution in [0.1, 0.15) is 0 Å². The molecule has 1 atom stereocenters. The van der Waals surface area contributed by atoms with E-state index in [2.05, 4.69) is 0 Å². The first-order valence-corrected chi connectivity index (χ1v) is 4.27. The molecule has 50 valence electrons. The Bertz CT molecular complexity index is 299. The van der Waals surface area contributed by atoms with Gasteiger partial charge in [0, 0.05) is 5.41 Å². The van der Waals surface area contributed by atoms with Gasteiger partial charge in [0.1, 0.15) is 0 Å². The average molecular weight is 150 g/mol. The number of hydrogen-bond donors (Lipinski definition) is 0. The van der Waals surface area contributed by atoms with E-state index in [0.717, 1.165) is 10.5 Å². The molecular weight excluding hydrogens is 144 g/mol. The fourth-order valence-electron chi connectivity index (χ4n) is 1.03. The van der Waals surface area contributed by atoms with E-state index in [4.69, 9.17) is 0 Å². The average Bonchev–Trinajstić information content (AvgIpc) is 2.36. The fourth-order valence-corrected chi connectivity index (χ4v) is 1.98. The Kier molecular flexibility index (Phi) is 1.21. The predicted octanol–water partition coefficient (Wildman–Crippen LogP) is 1.64. The fraction of sp³-hybridized carbons (Fsp3) is 0. The van der Waals surface area contributed by atoms with Crippen LogP contribution in [-0.2, 0) is 10.8 Å². The molecule has 1 heterocycles. The third-order valence-corrected chi connectivity index (χ3v) is 2.71. The Morgan fingerprint density at radius 3 is 2.90 bits per heavy atom. The van der Waals surface area contributed by atoms with Crippen molar-refractivity contribution in [3.63, 3.8) is 0 Å². The molecule has 0 saturated heterocycles. The molecule has 0 amide bonds. The summed E-state index contributed by atoms with van der Waals surface area (Å²) in [4.78, 5) is 0.933. The third kappa shape index (κ3) is 0.727. The lowest BCUT2D eigenvalue weighted by molar-refractivity contribution is 0.692. The van der Waals surface area contributed by atoms with Gasteiger partial charge in [-0.1, -0.05) is 24.3 Å². The normalized spacial score (nSPS) is 27.8. The summed E-state index contributed by atoms with van der Waals surface area (Å²) in [6, 6.07) is 0. The van der Waals surface area contributed by atoms with E-state index in [1.165, 1.54) is 0 Å². The highest BCUT2D eigenvalue weighted by molar-refractivity contribution is 7.92. The molecule has 0 radical (unpaired) electrons. The summed E-state index contributed by atoms with van der Waals surface area (Å²) in [5, 5.41) is 1.70. The highest BCUT2D eigenvalue weighted by Crippen LogP contribution is 2.25. The van der Waals surface area contributed by atoms with Crippen LogP contribution in [0.3, 0.4) is 0 Å². The van der Waals surface area contributed by atoms with Crippen LogP contribution in [0.5, 0.6) is 0 Å². The van der Waals surface area contributed by atoms with Crippen molar-refractivity contribution in [2.45, 2.75) is 0 Å². The summed E-state index contributed by atoms with van der Waals surface area (Å²) in [7, 11) is -0.896. The molecule has 0 spiro atoms. The minimum Gasteiger partial charge on any atom is -0.250 e. The van der Waals surface area contributed by atoms with Crippen molar-refractivity contribution in [1.82, 2.24) is 0 Å². The van der Waals surface area contributed by atoms with Crippen molar-refractivity contribution >= 4 is 10.8 Å². The van der Waals surface area contributed by atoms with Gasteiger partial charge in [-0.15, -0.1) is 0 Å². The minimum atomic E-state index is -0.896. The minimum absolute atomic E-state index is 0.896. The Morgan fingerprint density at radius 2 is 2.10 bits per heavy atom. The maximum atomic E-state index is 11.2. The molecule has 0 aromatic heterocycles.